The van der Waals surface area contributed by atoms with Crippen LogP contribution >= 0.6 is 11.6 Å². The van der Waals surface area contributed by atoms with Gasteiger partial charge in [0, 0.05) is 25.0 Å². The molecule has 1 aliphatic heterocycles. The molecule has 0 N–H and O–H groups in total. The molecule has 0 bridgehead atoms. The molecule has 2 rings (SSSR count). The van der Waals surface area contributed by atoms with Gasteiger partial charge in [0.25, 0.3) is 0 Å². The van der Waals surface area contributed by atoms with E-state index in [1.165, 1.54) is 12.5 Å². The molecular formula is C12H14ClNO2. The van der Waals surface area contributed by atoms with Crippen LogP contribution in [0.1, 0.15) is 12.5 Å². The maximum Gasteiger partial charge on any atom is 0.302 e. The minimum absolute atomic E-state index is 0.210. The van der Waals surface area contributed by atoms with E-state index in [1.807, 2.05) is 24.3 Å². The zero-order chi connectivity index (χ0) is 11.5. The van der Waals surface area contributed by atoms with Crippen molar-refractivity contribution in [2.75, 3.05) is 13.2 Å². The number of esters is 1. The molecule has 1 aromatic rings. The van der Waals surface area contributed by atoms with Gasteiger partial charge < -0.3 is 4.74 Å². The van der Waals surface area contributed by atoms with Crippen LogP contribution in [-0.2, 0) is 16.1 Å². The minimum atomic E-state index is -0.210. The fraction of sp³-hybridized carbons (Fsp3) is 0.417. The van der Waals surface area contributed by atoms with Gasteiger partial charge in [0.15, 0.2) is 0 Å². The number of rotatable bonds is 4. The maximum atomic E-state index is 10.6. The molecule has 2 unspecified atom stereocenters. The smallest absolute Gasteiger partial charge is 0.302 e. The van der Waals surface area contributed by atoms with Gasteiger partial charge in [-0.15, -0.1) is 0 Å². The van der Waals surface area contributed by atoms with Crippen molar-refractivity contribution in [1.29, 1.82) is 0 Å². The van der Waals surface area contributed by atoms with E-state index in [0.717, 1.165) is 18.1 Å². The lowest BCUT2D eigenvalue weighted by Gasteiger charge is -2.04. The molecule has 2 atom stereocenters. The van der Waals surface area contributed by atoms with Crippen LogP contribution in [0.5, 0.6) is 0 Å². The van der Waals surface area contributed by atoms with Crippen LogP contribution in [0.25, 0.3) is 0 Å². The van der Waals surface area contributed by atoms with Crippen molar-refractivity contribution in [3.8, 4) is 0 Å². The Hall–Kier alpha value is -1.06. The van der Waals surface area contributed by atoms with Crippen molar-refractivity contribution >= 4 is 17.6 Å². The standard InChI is InChI=1S/C12H14ClNO2/c1-9(15)16-8-12-7-14(12)6-10-2-4-11(13)5-3-10/h2-5,12H,6-8H2,1H3. The largest absolute Gasteiger partial charge is 0.464 e. The predicted molar refractivity (Wildman–Crippen MR) is 62.3 cm³/mol. The fourth-order valence-electron chi connectivity index (χ4n) is 1.61. The molecule has 0 aromatic heterocycles. The number of benzene rings is 1. The number of halogens is 1. The van der Waals surface area contributed by atoms with E-state index < -0.39 is 0 Å². The molecule has 1 aliphatic rings. The summed E-state index contributed by atoms with van der Waals surface area (Å²) in [5, 5.41) is 0.756. The van der Waals surface area contributed by atoms with Crippen molar-refractivity contribution in [3.63, 3.8) is 0 Å². The second-order valence-corrected chi connectivity index (χ2v) is 4.45. The van der Waals surface area contributed by atoms with Gasteiger partial charge in [-0.1, -0.05) is 23.7 Å². The molecule has 1 fully saturated rings. The zero-order valence-electron chi connectivity index (χ0n) is 9.15. The summed E-state index contributed by atoms with van der Waals surface area (Å²) < 4.78 is 4.95. The highest BCUT2D eigenvalue weighted by molar-refractivity contribution is 6.30. The van der Waals surface area contributed by atoms with Crippen LogP contribution in [0, 0.1) is 0 Å². The Labute approximate surface area is 100.0 Å². The Balaban J connectivity index is 1.76. The third-order valence-corrected chi connectivity index (χ3v) is 2.86. The molecule has 1 aromatic carbocycles. The van der Waals surface area contributed by atoms with Crippen LogP contribution in [0.15, 0.2) is 24.3 Å². The Morgan fingerprint density at radius 2 is 2.19 bits per heavy atom. The molecule has 1 saturated heterocycles. The quantitative estimate of drug-likeness (QED) is 0.595. The summed E-state index contributed by atoms with van der Waals surface area (Å²) in [5.74, 6) is -0.210. The first-order valence-electron chi connectivity index (χ1n) is 5.27. The highest BCUT2D eigenvalue weighted by Crippen LogP contribution is 2.22. The first-order valence-corrected chi connectivity index (χ1v) is 5.65. The fourth-order valence-corrected chi connectivity index (χ4v) is 1.74. The van der Waals surface area contributed by atoms with Gasteiger partial charge in [-0.3, -0.25) is 9.69 Å². The summed E-state index contributed by atoms with van der Waals surface area (Å²) in [4.78, 5) is 12.9. The van der Waals surface area contributed by atoms with Crippen molar-refractivity contribution in [3.05, 3.63) is 34.9 Å². The van der Waals surface area contributed by atoms with Gasteiger partial charge in [-0.2, -0.15) is 0 Å². The lowest BCUT2D eigenvalue weighted by molar-refractivity contribution is -0.141. The van der Waals surface area contributed by atoms with Crippen LogP contribution in [-0.4, -0.2) is 30.1 Å². The number of carbonyl (C=O) groups excluding carboxylic acids is 1. The monoisotopic (exact) mass is 239 g/mol. The summed E-state index contributed by atoms with van der Waals surface area (Å²) >= 11 is 5.81. The number of nitrogens with zero attached hydrogens (tertiary/aromatic N) is 1. The van der Waals surface area contributed by atoms with E-state index in [-0.39, 0.29) is 5.97 Å². The van der Waals surface area contributed by atoms with Gasteiger partial charge in [-0.05, 0) is 17.7 Å². The average molecular weight is 240 g/mol. The summed E-state index contributed by atoms with van der Waals surface area (Å²) in [5.41, 5.74) is 1.23. The first-order chi connectivity index (χ1) is 7.65. The molecule has 0 spiro atoms. The van der Waals surface area contributed by atoms with E-state index in [9.17, 15) is 4.79 Å². The van der Waals surface area contributed by atoms with Crippen LogP contribution in [0.2, 0.25) is 5.02 Å². The average Bonchev–Trinajstić information content (AvgIpc) is 2.97. The first kappa shape index (κ1) is 11.4. The van der Waals surface area contributed by atoms with Gasteiger partial charge in [0.1, 0.15) is 6.61 Å². The van der Waals surface area contributed by atoms with E-state index in [4.69, 9.17) is 16.3 Å². The molecule has 86 valence electrons. The van der Waals surface area contributed by atoms with Gasteiger partial charge in [-0.25, -0.2) is 0 Å². The Morgan fingerprint density at radius 1 is 1.50 bits per heavy atom. The van der Waals surface area contributed by atoms with Crippen LogP contribution in [0.4, 0.5) is 0 Å². The van der Waals surface area contributed by atoms with Crippen LogP contribution < -0.4 is 0 Å². The van der Waals surface area contributed by atoms with Crippen molar-refractivity contribution in [2.24, 2.45) is 0 Å². The normalized spacial score (nSPS) is 22.9. The van der Waals surface area contributed by atoms with Gasteiger partial charge in [0.2, 0.25) is 0 Å². The summed E-state index contributed by atoms with van der Waals surface area (Å²) in [6.07, 6.45) is 0. The molecule has 1 heterocycles. The second-order valence-electron chi connectivity index (χ2n) is 4.01. The molecule has 0 aliphatic carbocycles. The molecular weight excluding hydrogens is 226 g/mol. The van der Waals surface area contributed by atoms with Gasteiger partial charge >= 0.3 is 5.97 Å². The summed E-state index contributed by atoms with van der Waals surface area (Å²) in [6, 6.07) is 8.20. The van der Waals surface area contributed by atoms with E-state index >= 15 is 0 Å². The van der Waals surface area contributed by atoms with E-state index in [1.54, 1.807) is 0 Å². The number of hydrogen-bond donors (Lipinski definition) is 0. The summed E-state index contributed by atoms with van der Waals surface area (Å²) in [6.45, 7) is 3.83. The zero-order valence-corrected chi connectivity index (χ0v) is 9.91. The van der Waals surface area contributed by atoms with Gasteiger partial charge in [0.05, 0.1) is 6.04 Å². The lowest BCUT2D eigenvalue weighted by atomic mass is 10.2. The third kappa shape index (κ3) is 3.22. The molecule has 16 heavy (non-hydrogen) atoms. The molecule has 3 nitrogen and oxygen atoms in total. The minimum Gasteiger partial charge on any atom is -0.464 e. The number of ether oxygens (including phenoxy) is 1. The molecule has 0 saturated carbocycles. The topological polar surface area (TPSA) is 29.3 Å². The number of carbonyl (C=O) groups is 1. The predicted octanol–water partition coefficient (Wildman–Crippen LogP) is 2.09. The Bertz CT molecular complexity index is 377. The van der Waals surface area contributed by atoms with E-state index in [0.29, 0.717) is 12.6 Å². The second kappa shape index (κ2) is 4.85. The lowest BCUT2D eigenvalue weighted by Crippen LogP contribution is -2.11. The molecule has 4 heteroatoms. The number of hydrogen-bond acceptors (Lipinski definition) is 3. The van der Waals surface area contributed by atoms with E-state index in [2.05, 4.69) is 4.90 Å². The van der Waals surface area contributed by atoms with Crippen molar-refractivity contribution in [2.45, 2.75) is 19.5 Å². The maximum absolute atomic E-state index is 10.6. The third-order valence-electron chi connectivity index (χ3n) is 2.61. The molecule has 0 radical (unpaired) electrons. The Kier molecular flexibility index (Phi) is 3.46. The highest BCUT2D eigenvalue weighted by atomic mass is 35.5. The van der Waals surface area contributed by atoms with Crippen molar-refractivity contribution in [1.82, 2.24) is 4.90 Å². The Morgan fingerprint density at radius 3 is 2.81 bits per heavy atom. The summed E-state index contributed by atoms with van der Waals surface area (Å²) in [7, 11) is 0. The SMILES string of the molecule is CC(=O)OCC1CN1Cc1ccc(Cl)cc1. The van der Waals surface area contributed by atoms with Crippen LogP contribution in [0.3, 0.4) is 0 Å². The van der Waals surface area contributed by atoms with Crippen molar-refractivity contribution < 1.29 is 9.53 Å². The molecule has 0 amide bonds. The highest BCUT2D eigenvalue weighted by Gasteiger charge is 2.34.